The van der Waals surface area contributed by atoms with Crippen molar-refractivity contribution in [2.75, 3.05) is 0 Å². The Morgan fingerprint density at radius 3 is 2.59 bits per heavy atom. The van der Waals surface area contributed by atoms with Crippen molar-refractivity contribution < 1.29 is 14.7 Å². The summed E-state index contributed by atoms with van der Waals surface area (Å²) in [5.74, 6) is -0.854. The maximum atomic E-state index is 12.0. The van der Waals surface area contributed by atoms with Gasteiger partial charge in [0.25, 0.3) is 0 Å². The van der Waals surface area contributed by atoms with Gasteiger partial charge < -0.3 is 10.4 Å². The van der Waals surface area contributed by atoms with E-state index in [2.05, 4.69) is 22.8 Å². The molecule has 5 heteroatoms. The highest BCUT2D eigenvalue weighted by molar-refractivity contribution is 7.09. The van der Waals surface area contributed by atoms with Crippen LogP contribution in [0.4, 0.5) is 0 Å². The van der Waals surface area contributed by atoms with Crippen LogP contribution < -0.4 is 5.32 Å². The first-order chi connectivity index (χ1) is 10.3. The van der Waals surface area contributed by atoms with Crippen molar-refractivity contribution in [3.63, 3.8) is 0 Å². The molecule has 1 amide bonds. The fourth-order valence-corrected chi connectivity index (χ4v) is 3.06. The van der Waals surface area contributed by atoms with Gasteiger partial charge in [-0.25, -0.2) is 0 Å². The zero-order chi connectivity index (χ0) is 16.6. The third-order valence-electron chi connectivity index (χ3n) is 4.12. The maximum Gasteiger partial charge on any atom is 0.305 e. The summed E-state index contributed by atoms with van der Waals surface area (Å²) in [6.07, 6.45) is 4.44. The Hall–Kier alpha value is -1.36. The van der Waals surface area contributed by atoms with Crippen LogP contribution in [0.1, 0.15) is 57.8 Å². The Bertz CT molecular complexity index is 470. The molecule has 0 radical (unpaired) electrons. The summed E-state index contributed by atoms with van der Waals surface area (Å²) < 4.78 is 0. The van der Waals surface area contributed by atoms with Crippen LogP contribution in [0.15, 0.2) is 17.5 Å². The predicted octanol–water partition coefficient (Wildman–Crippen LogP) is 3.86. The molecule has 0 aromatic carbocycles. The molecule has 1 unspecified atom stereocenters. The molecular formula is C17H27NO3S. The molecule has 22 heavy (non-hydrogen) atoms. The lowest BCUT2D eigenvalue weighted by Gasteiger charge is -2.33. The van der Waals surface area contributed by atoms with Gasteiger partial charge in [0, 0.05) is 16.8 Å². The molecule has 4 nitrogen and oxygen atoms in total. The summed E-state index contributed by atoms with van der Waals surface area (Å²) in [5.41, 5.74) is -0.681. The first-order valence-corrected chi connectivity index (χ1v) is 8.76. The molecule has 1 rings (SSSR count). The van der Waals surface area contributed by atoms with Gasteiger partial charge in [-0.05, 0) is 43.6 Å². The van der Waals surface area contributed by atoms with Crippen molar-refractivity contribution in [2.24, 2.45) is 5.92 Å². The van der Waals surface area contributed by atoms with Gasteiger partial charge in [0.15, 0.2) is 0 Å². The fraction of sp³-hybridized carbons (Fsp3) is 0.647. The van der Waals surface area contributed by atoms with Gasteiger partial charge in [-0.15, -0.1) is 11.3 Å². The molecule has 1 aromatic rings. The summed E-state index contributed by atoms with van der Waals surface area (Å²) in [5, 5.41) is 14.0. The summed E-state index contributed by atoms with van der Waals surface area (Å²) in [6, 6.07) is 4.19. The summed E-state index contributed by atoms with van der Waals surface area (Å²) in [7, 11) is 0. The number of carbonyl (C=O) groups is 2. The van der Waals surface area contributed by atoms with E-state index in [0.717, 1.165) is 25.7 Å². The van der Waals surface area contributed by atoms with E-state index in [1.54, 1.807) is 18.3 Å². The standard InChI is InChI=1S/C17H27NO3S/c1-13(2)17(3,12-16(20)21)18-15(19)10-6-4-5-8-14-9-7-11-22-14/h7,9,11,13H,4-6,8,10,12H2,1-3H3,(H,18,19)(H,20,21). The van der Waals surface area contributed by atoms with E-state index in [1.807, 2.05) is 13.8 Å². The second kappa shape index (κ2) is 8.93. The van der Waals surface area contributed by atoms with Crippen molar-refractivity contribution in [1.82, 2.24) is 5.32 Å². The molecule has 0 spiro atoms. The van der Waals surface area contributed by atoms with Gasteiger partial charge in [0.2, 0.25) is 5.91 Å². The number of carbonyl (C=O) groups excluding carboxylic acids is 1. The van der Waals surface area contributed by atoms with Crippen LogP contribution in [-0.4, -0.2) is 22.5 Å². The van der Waals surface area contributed by atoms with E-state index in [1.165, 1.54) is 4.88 Å². The molecule has 0 aliphatic heterocycles. The average Bonchev–Trinajstić information content (AvgIpc) is 2.90. The highest BCUT2D eigenvalue weighted by Gasteiger charge is 2.32. The summed E-state index contributed by atoms with van der Waals surface area (Å²) in [6.45, 7) is 5.68. The molecule has 0 aliphatic carbocycles. The van der Waals surface area contributed by atoms with Crippen LogP contribution in [0.2, 0.25) is 0 Å². The molecule has 0 fully saturated rings. The topological polar surface area (TPSA) is 66.4 Å². The predicted molar refractivity (Wildman–Crippen MR) is 90.1 cm³/mol. The zero-order valence-corrected chi connectivity index (χ0v) is 14.5. The molecule has 0 aliphatic rings. The molecule has 0 saturated carbocycles. The quantitative estimate of drug-likeness (QED) is 0.642. The first-order valence-electron chi connectivity index (χ1n) is 7.88. The minimum absolute atomic E-state index is 0.0468. The normalized spacial score (nSPS) is 13.8. The van der Waals surface area contributed by atoms with Crippen LogP contribution in [0.25, 0.3) is 0 Å². The van der Waals surface area contributed by atoms with Gasteiger partial charge >= 0.3 is 5.97 Å². The number of hydrogen-bond donors (Lipinski definition) is 2. The number of hydrogen-bond acceptors (Lipinski definition) is 3. The molecule has 1 atom stereocenters. The van der Waals surface area contributed by atoms with E-state index in [9.17, 15) is 9.59 Å². The Morgan fingerprint density at radius 2 is 2.05 bits per heavy atom. The largest absolute Gasteiger partial charge is 0.481 e. The van der Waals surface area contributed by atoms with Gasteiger partial charge in [0.1, 0.15) is 0 Å². The highest BCUT2D eigenvalue weighted by Crippen LogP contribution is 2.21. The van der Waals surface area contributed by atoms with E-state index in [-0.39, 0.29) is 18.2 Å². The SMILES string of the molecule is CC(C)C(C)(CC(=O)O)NC(=O)CCCCCc1cccs1. The number of unbranched alkanes of at least 4 members (excludes halogenated alkanes) is 2. The van der Waals surface area contributed by atoms with Gasteiger partial charge in [0.05, 0.1) is 6.42 Å². The van der Waals surface area contributed by atoms with Gasteiger partial charge in [-0.1, -0.05) is 26.3 Å². The molecule has 124 valence electrons. The molecule has 1 aromatic heterocycles. The molecule has 2 N–H and O–H groups in total. The van der Waals surface area contributed by atoms with E-state index < -0.39 is 11.5 Å². The average molecular weight is 325 g/mol. The van der Waals surface area contributed by atoms with Crippen LogP contribution in [0, 0.1) is 5.92 Å². The maximum absolute atomic E-state index is 12.0. The number of aliphatic carboxylic acids is 1. The second-order valence-corrected chi connectivity index (χ2v) is 7.36. The molecular weight excluding hydrogens is 298 g/mol. The van der Waals surface area contributed by atoms with Gasteiger partial charge in [-0.3, -0.25) is 9.59 Å². The number of carboxylic acids is 1. The smallest absolute Gasteiger partial charge is 0.305 e. The summed E-state index contributed by atoms with van der Waals surface area (Å²) >= 11 is 1.77. The van der Waals surface area contributed by atoms with E-state index in [4.69, 9.17) is 5.11 Å². The minimum Gasteiger partial charge on any atom is -0.481 e. The van der Waals surface area contributed by atoms with Crippen LogP contribution >= 0.6 is 11.3 Å². The van der Waals surface area contributed by atoms with Crippen molar-refractivity contribution >= 4 is 23.2 Å². The van der Waals surface area contributed by atoms with Crippen molar-refractivity contribution in [3.05, 3.63) is 22.4 Å². The Labute approximate surface area is 136 Å². The van der Waals surface area contributed by atoms with Crippen LogP contribution in [-0.2, 0) is 16.0 Å². The lowest BCUT2D eigenvalue weighted by molar-refractivity contribution is -0.139. The first kappa shape index (κ1) is 18.7. The Balaban J connectivity index is 2.27. The number of thiophene rings is 1. The van der Waals surface area contributed by atoms with Crippen LogP contribution in [0.3, 0.4) is 0 Å². The van der Waals surface area contributed by atoms with E-state index >= 15 is 0 Å². The van der Waals surface area contributed by atoms with Crippen molar-refractivity contribution in [3.8, 4) is 0 Å². The van der Waals surface area contributed by atoms with E-state index in [0.29, 0.717) is 6.42 Å². The third-order valence-corrected chi connectivity index (χ3v) is 5.06. The number of carboxylic acid groups (broad SMARTS) is 1. The van der Waals surface area contributed by atoms with Gasteiger partial charge in [-0.2, -0.15) is 0 Å². The molecule has 0 bridgehead atoms. The summed E-state index contributed by atoms with van der Waals surface area (Å²) in [4.78, 5) is 24.4. The fourth-order valence-electron chi connectivity index (χ4n) is 2.30. The highest BCUT2D eigenvalue weighted by atomic mass is 32.1. The number of rotatable bonds is 10. The lowest BCUT2D eigenvalue weighted by Crippen LogP contribution is -2.51. The molecule has 1 heterocycles. The minimum atomic E-state index is -0.882. The second-order valence-electron chi connectivity index (χ2n) is 6.33. The number of aryl methyl sites for hydroxylation is 1. The van der Waals surface area contributed by atoms with Crippen molar-refractivity contribution in [2.45, 2.75) is 64.8 Å². The Morgan fingerprint density at radius 1 is 1.32 bits per heavy atom. The third kappa shape index (κ3) is 6.60. The number of amides is 1. The Kier molecular flexibility index (Phi) is 7.59. The zero-order valence-electron chi connectivity index (χ0n) is 13.7. The van der Waals surface area contributed by atoms with Crippen LogP contribution in [0.5, 0.6) is 0 Å². The number of nitrogens with one attached hydrogen (secondary N) is 1. The van der Waals surface area contributed by atoms with Crippen molar-refractivity contribution in [1.29, 1.82) is 0 Å². The monoisotopic (exact) mass is 325 g/mol. The molecule has 0 saturated heterocycles. The lowest BCUT2D eigenvalue weighted by atomic mass is 9.85.